The summed E-state index contributed by atoms with van der Waals surface area (Å²) in [5, 5.41) is 3.64. The molecule has 4 nitrogen and oxygen atoms in total. The Balaban J connectivity index is 1.80. The molecule has 1 aromatic heterocycles. The quantitative estimate of drug-likeness (QED) is 0.700. The number of nitrogens with zero attached hydrogens (tertiary/aromatic N) is 3. The molecule has 0 aliphatic rings. The Morgan fingerprint density at radius 3 is 2.50 bits per heavy atom. The number of rotatable bonds is 5. The van der Waals surface area contributed by atoms with Crippen LogP contribution in [0.25, 0.3) is 11.1 Å². The lowest BCUT2D eigenvalue weighted by Crippen LogP contribution is -2.03. The fraction of sp³-hybridized carbons (Fsp3) is 0.222. The number of hydrogen-bond acceptors (Lipinski definition) is 3. The Kier molecular flexibility index (Phi) is 4.55. The van der Waals surface area contributed by atoms with E-state index in [9.17, 15) is 8.78 Å². The predicted molar refractivity (Wildman–Crippen MR) is 86.9 cm³/mol. The molecule has 3 rings (SSSR count). The molecule has 0 N–H and O–H groups in total. The molecule has 0 unspecified atom stereocenters. The van der Waals surface area contributed by atoms with Crippen molar-refractivity contribution in [3.05, 3.63) is 65.5 Å². The van der Waals surface area contributed by atoms with Crippen molar-refractivity contribution in [2.24, 2.45) is 7.05 Å². The third-order valence-electron chi connectivity index (χ3n) is 3.75. The van der Waals surface area contributed by atoms with Crippen molar-refractivity contribution in [2.75, 3.05) is 0 Å². The summed E-state index contributed by atoms with van der Waals surface area (Å²) in [4.78, 5) is 3.71. The van der Waals surface area contributed by atoms with Gasteiger partial charge in [0.05, 0.1) is 0 Å². The average Bonchev–Trinajstić information content (AvgIpc) is 2.96. The summed E-state index contributed by atoms with van der Waals surface area (Å²) in [6.07, 6.45) is -2.71. The first kappa shape index (κ1) is 16.1. The van der Waals surface area contributed by atoms with E-state index >= 15 is 0 Å². The maximum atomic E-state index is 12.6. The Morgan fingerprint density at radius 1 is 1.08 bits per heavy atom. The SMILES string of the molecule is Cc1ccc(-c2ccccc2)cc1COc1nc(C(F)F)nn1C. The molecule has 124 valence electrons. The molecule has 24 heavy (non-hydrogen) atoms. The van der Waals surface area contributed by atoms with E-state index in [1.165, 1.54) is 11.7 Å². The lowest BCUT2D eigenvalue weighted by atomic mass is 10.0. The average molecular weight is 329 g/mol. The molecule has 2 aromatic carbocycles. The molecule has 0 amide bonds. The largest absolute Gasteiger partial charge is 0.459 e. The van der Waals surface area contributed by atoms with Gasteiger partial charge in [-0.25, -0.2) is 13.5 Å². The normalized spacial score (nSPS) is 11.0. The highest BCUT2D eigenvalue weighted by Gasteiger charge is 2.17. The molecule has 0 bridgehead atoms. The molecule has 0 fully saturated rings. The molecule has 1 heterocycles. The van der Waals surface area contributed by atoms with Crippen molar-refractivity contribution < 1.29 is 13.5 Å². The lowest BCUT2D eigenvalue weighted by Gasteiger charge is -2.10. The van der Waals surface area contributed by atoms with E-state index in [-0.39, 0.29) is 12.6 Å². The molecule has 0 aliphatic heterocycles. The van der Waals surface area contributed by atoms with Crippen LogP contribution < -0.4 is 4.74 Å². The van der Waals surface area contributed by atoms with Gasteiger partial charge in [-0.1, -0.05) is 42.5 Å². The third-order valence-corrected chi connectivity index (χ3v) is 3.75. The monoisotopic (exact) mass is 329 g/mol. The third kappa shape index (κ3) is 3.42. The maximum Gasteiger partial charge on any atom is 0.315 e. The number of halogens is 2. The summed E-state index contributed by atoms with van der Waals surface area (Å²) < 4.78 is 32.1. The van der Waals surface area contributed by atoms with Gasteiger partial charge in [-0.2, -0.15) is 4.98 Å². The van der Waals surface area contributed by atoms with Crippen LogP contribution in [0, 0.1) is 6.92 Å². The zero-order valence-corrected chi connectivity index (χ0v) is 13.4. The van der Waals surface area contributed by atoms with Crippen LogP contribution in [0.15, 0.2) is 48.5 Å². The van der Waals surface area contributed by atoms with Gasteiger partial charge in [0, 0.05) is 7.05 Å². The second-order valence-corrected chi connectivity index (χ2v) is 5.47. The molecule has 6 heteroatoms. The fourth-order valence-corrected chi connectivity index (χ4v) is 2.39. The van der Waals surface area contributed by atoms with Crippen LogP contribution >= 0.6 is 0 Å². The van der Waals surface area contributed by atoms with Gasteiger partial charge in [0.15, 0.2) is 0 Å². The second kappa shape index (κ2) is 6.78. The second-order valence-electron chi connectivity index (χ2n) is 5.47. The Morgan fingerprint density at radius 2 is 1.83 bits per heavy atom. The van der Waals surface area contributed by atoms with Crippen molar-refractivity contribution in [2.45, 2.75) is 20.0 Å². The number of benzene rings is 2. The number of ether oxygens (including phenoxy) is 1. The minimum atomic E-state index is -2.71. The van der Waals surface area contributed by atoms with Gasteiger partial charge >= 0.3 is 6.01 Å². The number of aromatic nitrogens is 3. The smallest absolute Gasteiger partial charge is 0.315 e. The highest BCUT2D eigenvalue weighted by molar-refractivity contribution is 5.64. The van der Waals surface area contributed by atoms with Gasteiger partial charge in [-0.05, 0) is 35.2 Å². The van der Waals surface area contributed by atoms with Crippen LogP contribution in [0.4, 0.5) is 8.78 Å². The summed E-state index contributed by atoms with van der Waals surface area (Å²) >= 11 is 0. The first-order chi connectivity index (χ1) is 11.5. The highest BCUT2D eigenvalue weighted by Crippen LogP contribution is 2.23. The molecule has 0 aliphatic carbocycles. The van der Waals surface area contributed by atoms with Gasteiger partial charge in [0.25, 0.3) is 6.43 Å². The first-order valence-corrected chi connectivity index (χ1v) is 7.51. The molecular formula is C18H17F2N3O. The highest BCUT2D eigenvalue weighted by atomic mass is 19.3. The van der Waals surface area contributed by atoms with Crippen LogP contribution in [0.5, 0.6) is 6.01 Å². The Bertz CT molecular complexity index is 832. The summed E-state index contributed by atoms with van der Waals surface area (Å²) in [6.45, 7) is 2.22. The Hall–Kier alpha value is -2.76. The van der Waals surface area contributed by atoms with Gasteiger partial charge in [0.1, 0.15) is 6.61 Å². The van der Waals surface area contributed by atoms with Crippen molar-refractivity contribution in [3.63, 3.8) is 0 Å². The molecule has 0 radical (unpaired) electrons. The minimum Gasteiger partial charge on any atom is -0.459 e. The zero-order chi connectivity index (χ0) is 17.1. The summed E-state index contributed by atoms with van der Waals surface area (Å²) in [5.74, 6) is -0.526. The van der Waals surface area contributed by atoms with E-state index in [4.69, 9.17) is 4.74 Å². The molecular weight excluding hydrogens is 312 g/mol. The standard InChI is InChI=1S/C18H17F2N3O/c1-12-8-9-14(13-6-4-3-5-7-13)10-15(12)11-24-18-21-17(16(19)20)22-23(18)2/h3-10,16H,11H2,1-2H3. The topological polar surface area (TPSA) is 39.9 Å². The van der Waals surface area contributed by atoms with E-state index in [2.05, 4.69) is 10.1 Å². The van der Waals surface area contributed by atoms with E-state index in [0.29, 0.717) is 0 Å². The first-order valence-electron chi connectivity index (χ1n) is 7.51. The maximum absolute atomic E-state index is 12.6. The predicted octanol–water partition coefficient (Wildman–Crippen LogP) is 4.31. The van der Waals surface area contributed by atoms with Crippen LogP contribution in [0.1, 0.15) is 23.4 Å². The summed E-state index contributed by atoms with van der Waals surface area (Å²) in [7, 11) is 1.53. The van der Waals surface area contributed by atoms with Crippen molar-refractivity contribution in [1.82, 2.24) is 14.8 Å². The van der Waals surface area contributed by atoms with Crippen LogP contribution in [0.2, 0.25) is 0 Å². The van der Waals surface area contributed by atoms with E-state index in [1.807, 2.05) is 55.5 Å². The van der Waals surface area contributed by atoms with Crippen molar-refractivity contribution in [3.8, 4) is 17.1 Å². The van der Waals surface area contributed by atoms with Crippen LogP contribution in [0.3, 0.4) is 0 Å². The molecule has 3 aromatic rings. The van der Waals surface area contributed by atoms with Gasteiger partial charge in [0.2, 0.25) is 5.82 Å². The van der Waals surface area contributed by atoms with Gasteiger partial charge < -0.3 is 4.74 Å². The van der Waals surface area contributed by atoms with Crippen LogP contribution in [-0.2, 0) is 13.7 Å². The fourth-order valence-electron chi connectivity index (χ4n) is 2.39. The Labute approximate surface area is 138 Å². The van der Waals surface area contributed by atoms with Crippen molar-refractivity contribution in [1.29, 1.82) is 0 Å². The lowest BCUT2D eigenvalue weighted by molar-refractivity contribution is 0.140. The number of aryl methyl sites for hydroxylation is 2. The minimum absolute atomic E-state index is 0.0785. The summed E-state index contributed by atoms with van der Waals surface area (Å²) in [5.41, 5.74) is 4.22. The molecule has 0 spiro atoms. The van der Waals surface area contributed by atoms with Gasteiger partial charge in [-0.3, -0.25) is 0 Å². The molecule has 0 atom stereocenters. The van der Waals surface area contributed by atoms with E-state index in [0.717, 1.165) is 22.3 Å². The van der Waals surface area contributed by atoms with Crippen molar-refractivity contribution >= 4 is 0 Å². The van der Waals surface area contributed by atoms with Crippen LogP contribution in [-0.4, -0.2) is 14.8 Å². The number of hydrogen-bond donors (Lipinski definition) is 0. The van der Waals surface area contributed by atoms with Gasteiger partial charge in [-0.15, -0.1) is 5.10 Å². The number of alkyl halides is 2. The van der Waals surface area contributed by atoms with E-state index in [1.54, 1.807) is 0 Å². The zero-order valence-electron chi connectivity index (χ0n) is 13.4. The molecule has 0 saturated heterocycles. The summed E-state index contributed by atoms with van der Waals surface area (Å²) in [6, 6.07) is 16.2. The van der Waals surface area contributed by atoms with E-state index < -0.39 is 12.2 Å². The molecule has 0 saturated carbocycles.